The van der Waals surface area contributed by atoms with E-state index in [-0.39, 0.29) is 12.1 Å². The summed E-state index contributed by atoms with van der Waals surface area (Å²) in [7, 11) is 1.41. The number of fused-ring (bicyclic) bond motifs is 1. The summed E-state index contributed by atoms with van der Waals surface area (Å²) in [6.45, 7) is 4.11. The van der Waals surface area contributed by atoms with Crippen LogP contribution in [-0.2, 0) is 16.0 Å². The highest BCUT2D eigenvalue weighted by atomic mass is 16.6. The van der Waals surface area contributed by atoms with Gasteiger partial charge in [0.15, 0.2) is 5.72 Å². The van der Waals surface area contributed by atoms with Gasteiger partial charge < -0.3 is 9.47 Å². The van der Waals surface area contributed by atoms with E-state index in [0.29, 0.717) is 11.8 Å². The van der Waals surface area contributed by atoms with Crippen LogP contribution in [0.15, 0.2) is 30.3 Å². The Morgan fingerprint density at radius 1 is 1.43 bits per heavy atom. The van der Waals surface area contributed by atoms with Gasteiger partial charge in [-0.05, 0) is 24.8 Å². The van der Waals surface area contributed by atoms with E-state index in [1.807, 2.05) is 6.07 Å². The lowest BCUT2D eigenvalue weighted by Gasteiger charge is -2.54. The second-order valence-corrected chi connectivity index (χ2v) is 7.16. The highest BCUT2D eigenvalue weighted by molar-refractivity contribution is 5.68. The Kier molecular flexibility index (Phi) is 3.58. The average molecular weight is 316 g/mol. The fourth-order valence-electron chi connectivity index (χ4n) is 4.99. The molecule has 1 aromatic carbocycles. The van der Waals surface area contributed by atoms with Gasteiger partial charge in [-0.2, -0.15) is 0 Å². The molecule has 1 amide bonds. The zero-order chi connectivity index (χ0) is 16.0. The molecule has 1 saturated carbocycles. The van der Waals surface area contributed by atoms with E-state index in [0.717, 1.165) is 19.5 Å². The van der Waals surface area contributed by atoms with Crippen molar-refractivity contribution in [1.82, 2.24) is 10.2 Å². The summed E-state index contributed by atoms with van der Waals surface area (Å²) in [4.78, 5) is 14.4. The van der Waals surface area contributed by atoms with Gasteiger partial charge in [0.1, 0.15) is 0 Å². The molecular weight excluding hydrogens is 292 g/mol. The Morgan fingerprint density at radius 3 is 2.96 bits per heavy atom. The zero-order valence-corrected chi connectivity index (χ0v) is 13.7. The molecular formula is C18H24N2O3. The first-order chi connectivity index (χ1) is 11.1. The minimum Gasteiger partial charge on any atom is -0.453 e. The third kappa shape index (κ3) is 2.42. The Hall–Kier alpha value is -1.59. The molecule has 3 heterocycles. The van der Waals surface area contributed by atoms with Gasteiger partial charge in [-0.3, -0.25) is 10.2 Å². The van der Waals surface area contributed by atoms with Crippen LogP contribution < -0.4 is 5.32 Å². The number of benzene rings is 1. The molecule has 3 aliphatic heterocycles. The number of piperidine rings is 2. The lowest BCUT2D eigenvalue weighted by atomic mass is 9.68. The summed E-state index contributed by atoms with van der Waals surface area (Å²) < 4.78 is 11.1. The van der Waals surface area contributed by atoms with Gasteiger partial charge in [0.25, 0.3) is 0 Å². The SMILES string of the molecule is COC(=O)N[C@@]12C[C@H]3C[C@@H]([C@@H](C)O1)[C@H]2N(Cc1ccccc1)C3. The van der Waals surface area contributed by atoms with E-state index in [9.17, 15) is 4.79 Å². The van der Waals surface area contributed by atoms with Crippen molar-refractivity contribution in [1.29, 1.82) is 0 Å². The molecule has 23 heavy (non-hydrogen) atoms. The second kappa shape index (κ2) is 5.49. The van der Waals surface area contributed by atoms with Crippen LogP contribution in [0.4, 0.5) is 4.79 Å². The lowest BCUT2D eigenvalue weighted by molar-refractivity contribution is -0.131. The molecule has 1 aromatic rings. The van der Waals surface area contributed by atoms with Crippen molar-refractivity contribution in [3.05, 3.63) is 35.9 Å². The molecule has 4 bridgehead atoms. The highest BCUT2D eigenvalue weighted by Crippen LogP contribution is 2.53. The molecule has 5 rings (SSSR count). The lowest BCUT2D eigenvalue weighted by Crippen LogP contribution is -2.69. The zero-order valence-electron chi connectivity index (χ0n) is 13.7. The van der Waals surface area contributed by atoms with Crippen LogP contribution in [0, 0.1) is 11.8 Å². The van der Waals surface area contributed by atoms with Crippen molar-refractivity contribution in [3.8, 4) is 0 Å². The standard InChI is InChI=1S/C18H24N2O3/c1-12-15-8-14-9-18(23-12,19-17(21)22-2)16(15)20(11-14)10-13-6-4-3-5-7-13/h3-7,12,14-16H,8-11H2,1-2H3,(H,19,21)/t12-,14-,15+,16-,18+/m1/s1. The first-order valence-electron chi connectivity index (χ1n) is 8.43. The number of amides is 1. The van der Waals surface area contributed by atoms with Crippen LogP contribution in [-0.4, -0.2) is 42.5 Å². The van der Waals surface area contributed by atoms with Crippen LogP contribution in [0.5, 0.6) is 0 Å². The molecule has 0 radical (unpaired) electrons. The smallest absolute Gasteiger partial charge is 0.409 e. The summed E-state index contributed by atoms with van der Waals surface area (Å²) >= 11 is 0. The van der Waals surface area contributed by atoms with E-state index in [4.69, 9.17) is 9.47 Å². The summed E-state index contributed by atoms with van der Waals surface area (Å²) in [6, 6.07) is 10.7. The number of rotatable bonds is 3. The van der Waals surface area contributed by atoms with Crippen molar-refractivity contribution >= 4 is 6.09 Å². The maximum atomic E-state index is 11.9. The van der Waals surface area contributed by atoms with E-state index >= 15 is 0 Å². The van der Waals surface area contributed by atoms with E-state index < -0.39 is 11.8 Å². The van der Waals surface area contributed by atoms with Gasteiger partial charge in [-0.1, -0.05) is 30.3 Å². The largest absolute Gasteiger partial charge is 0.453 e. The fourth-order valence-corrected chi connectivity index (χ4v) is 4.99. The highest BCUT2D eigenvalue weighted by Gasteiger charge is 2.64. The topological polar surface area (TPSA) is 50.8 Å². The summed E-state index contributed by atoms with van der Waals surface area (Å²) in [6.07, 6.45) is 1.85. The number of carbonyl (C=O) groups is 1. The molecule has 1 aliphatic carbocycles. The molecule has 0 unspecified atom stereocenters. The number of nitrogens with zero attached hydrogens (tertiary/aromatic N) is 1. The van der Waals surface area contributed by atoms with Crippen LogP contribution in [0.3, 0.4) is 0 Å². The van der Waals surface area contributed by atoms with Gasteiger partial charge >= 0.3 is 6.09 Å². The van der Waals surface area contributed by atoms with Crippen LogP contribution >= 0.6 is 0 Å². The molecule has 124 valence electrons. The van der Waals surface area contributed by atoms with Crippen molar-refractivity contribution in [2.24, 2.45) is 11.8 Å². The molecule has 4 fully saturated rings. The first kappa shape index (κ1) is 15.0. The number of hydrogen-bond donors (Lipinski definition) is 1. The average Bonchev–Trinajstić information content (AvgIpc) is 2.74. The summed E-state index contributed by atoms with van der Waals surface area (Å²) in [5.41, 5.74) is 0.716. The van der Waals surface area contributed by atoms with Crippen molar-refractivity contribution < 1.29 is 14.3 Å². The maximum absolute atomic E-state index is 11.9. The van der Waals surface area contributed by atoms with Gasteiger partial charge in [0.05, 0.1) is 19.3 Å². The van der Waals surface area contributed by atoms with E-state index in [1.165, 1.54) is 19.1 Å². The predicted molar refractivity (Wildman–Crippen MR) is 85.7 cm³/mol. The molecule has 5 heteroatoms. The van der Waals surface area contributed by atoms with Gasteiger partial charge in [-0.25, -0.2) is 4.79 Å². The number of hydrogen-bond acceptors (Lipinski definition) is 4. The van der Waals surface area contributed by atoms with Gasteiger partial charge in [0.2, 0.25) is 0 Å². The quantitative estimate of drug-likeness (QED) is 0.930. The number of nitrogens with one attached hydrogen (secondary N) is 1. The summed E-state index contributed by atoms with van der Waals surface area (Å²) in [5.74, 6) is 1.04. The normalized spacial score (nSPS) is 38.5. The molecule has 4 aliphatic rings. The third-order valence-electron chi connectivity index (χ3n) is 5.69. The monoisotopic (exact) mass is 316 g/mol. The van der Waals surface area contributed by atoms with E-state index in [1.54, 1.807) is 0 Å². The Bertz CT molecular complexity index is 589. The second-order valence-electron chi connectivity index (χ2n) is 7.16. The fraction of sp³-hybridized carbons (Fsp3) is 0.611. The van der Waals surface area contributed by atoms with E-state index in [2.05, 4.69) is 41.4 Å². The predicted octanol–water partition coefficient (Wildman–Crippen LogP) is 2.37. The molecule has 0 spiro atoms. The maximum Gasteiger partial charge on any atom is 0.409 e. The van der Waals surface area contributed by atoms with Crippen molar-refractivity contribution in [2.75, 3.05) is 13.7 Å². The third-order valence-corrected chi connectivity index (χ3v) is 5.69. The Labute approximate surface area is 136 Å². The molecule has 5 nitrogen and oxygen atoms in total. The molecule has 5 atom stereocenters. The summed E-state index contributed by atoms with van der Waals surface area (Å²) in [5, 5.41) is 3.03. The molecule has 0 aromatic heterocycles. The van der Waals surface area contributed by atoms with Crippen molar-refractivity contribution in [3.63, 3.8) is 0 Å². The Morgan fingerprint density at radius 2 is 2.22 bits per heavy atom. The minimum absolute atomic E-state index is 0.167. The minimum atomic E-state index is -0.590. The van der Waals surface area contributed by atoms with Crippen molar-refractivity contribution in [2.45, 2.75) is 44.2 Å². The first-order valence-corrected chi connectivity index (χ1v) is 8.43. The number of ether oxygens (including phenoxy) is 2. The molecule has 1 N–H and O–H groups in total. The number of carbonyl (C=O) groups excluding carboxylic acids is 1. The molecule has 3 saturated heterocycles. The Balaban J connectivity index is 1.62. The van der Waals surface area contributed by atoms with Gasteiger partial charge in [-0.15, -0.1) is 0 Å². The van der Waals surface area contributed by atoms with Crippen LogP contribution in [0.1, 0.15) is 25.3 Å². The van der Waals surface area contributed by atoms with Gasteiger partial charge in [0, 0.05) is 25.4 Å². The number of methoxy groups -OCH3 is 1. The number of alkyl carbamates (subject to hydrolysis) is 1. The van der Waals surface area contributed by atoms with Crippen LogP contribution in [0.25, 0.3) is 0 Å². The van der Waals surface area contributed by atoms with Crippen LogP contribution in [0.2, 0.25) is 0 Å².